The molecule has 0 fully saturated rings. The van der Waals surface area contributed by atoms with Gasteiger partial charge in [-0.1, -0.05) is 40.9 Å². The first-order valence-electron chi connectivity index (χ1n) is 9.20. The molecule has 0 aromatic heterocycles. The number of amides is 2. The van der Waals surface area contributed by atoms with E-state index in [0.717, 1.165) is 17.3 Å². The zero-order valence-electron chi connectivity index (χ0n) is 16.5. The molecule has 2 amide bonds. The largest absolute Gasteiger partial charge is 0.492 e. The lowest BCUT2D eigenvalue weighted by atomic mass is 10.2. The second-order valence-electron chi connectivity index (χ2n) is 6.17. The minimum atomic E-state index is -0.507. The van der Waals surface area contributed by atoms with Crippen molar-refractivity contribution in [3.63, 3.8) is 0 Å². The highest BCUT2D eigenvalue weighted by Crippen LogP contribution is 2.28. The van der Waals surface area contributed by atoms with Gasteiger partial charge >= 0.3 is 0 Å². The fraction of sp³-hybridized carbons (Fsp3) is 0.250. The summed E-state index contributed by atoms with van der Waals surface area (Å²) in [5.74, 6) is 0.0739. The predicted molar refractivity (Wildman–Crippen MR) is 131 cm³/mol. The highest BCUT2D eigenvalue weighted by Gasteiger charge is 2.12. The number of rotatable bonds is 8. The van der Waals surface area contributed by atoms with Crippen LogP contribution >= 0.6 is 55.7 Å². The number of hydrogen-bond acceptors (Lipinski definition) is 5. The molecule has 0 saturated heterocycles. The maximum Gasteiger partial charge on any atom is 0.276 e. The molecular weight excluding hydrogens is 574 g/mol. The van der Waals surface area contributed by atoms with Crippen LogP contribution in [0.5, 0.6) is 11.5 Å². The van der Waals surface area contributed by atoms with E-state index in [1.165, 1.54) is 0 Å². The molecule has 2 aromatic carbocycles. The number of carbonyl (C=O) groups excluding carboxylic acids is 2. The summed E-state index contributed by atoms with van der Waals surface area (Å²) < 4.78 is 12.4. The zero-order valence-corrected chi connectivity index (χ0v) is 21.2. The predicted octanol–water partition coefficient (Wildman–Crippen LogP) is 4.76. The zero-order chi connectivity index (χ0) is 22.8. The van der Waals surface area contributed by atoms with Gasteiger partial charge in [0.25, 0.3) is 11.8 Å². The second kappa shape index (κ2) is 12.8. The number of nitrogens with one attached hydrogen (secondary N) is 3. The van der Waals surface area contributed by atoms with Crippen molar-refractivity contribution in [3.8, 4) is 11.5 Å². The van der Waals surface area contributed by atoms with Crippen LogP contribution in [-0.4, -0.2) is 30.1 Å². The molecule has 0 unspecified atom stereocenters. The minimum Gasteiger partial charge on any atom is -0.492 e. The molecule has 0 aliphatic rings. The number of thiocarbonyl (C=S) groups is 1. The quantitative estimate of drug-likeness (QED) is 0.233. The van der Waals surface area contributed by atoms with Crippen LogP contribution in [0.3, 0.4) is 0 Å². The Morgan fingerprint density at radius 3 is 2.48 bits per heavy atom. The molecule has 0 radical (unpaired) electrons. The Bertz CT molecular complexity index is 962. The van der Waals surface area contributed by atoms with Crippen LogP contribution in [0.15, 0.2) is 45.3 Å². The van der Waals surface area contributed by atoms with Gasteiger partial charge in [-0.15, -0.1) is 0 Å². The third kappa shape index (κ3) is 8.64. The Balaban J connectivity index is 1.77. The van der Waals surface area contributed by atoms with Gasteiger partial charge in [-0.2, -0.15) is 0 Å². The average molecular weight is 594 g/mol. The molecule has 0 aliphatic heterocycles. The van der Waals surface area contributed by atoms with Gasteiger partial charge in [0.05, 0.1) is 16.1 Å². The topological polar surface area (TPSA) is 88.7 Å². The molecule has 0 bridgehead atoms. The molecule has 166 valence electrons. The number of benzene rings is 2. The summed E-state index contributed by atoms with van der Waals surface area (Å²) in [6.07, 6.45) is 1.98. The van der Waals surface area contributed by atoms with Crippen LogP contribution in [0.4, 0.5) is 0 Å². The van der Waals surface area contributed by atoms with Crippen molar-refractivity contribution in [2.75, 3.05) is 13.2 Å². The van der Waals surface area contributed by atoms with Crippen molar-refractivity contribution in [1.29, 1.82) is 0 Å². The van der Waals surface area contributed by atoms with Gasteiger partial charge in [0.15, 0.2) is 11.7 Å². The molecule has 7 nitrogen and oxygen atoms in total. The van der Waals surface area contributed by atoms with Crippen LogP contribution in [0.25, 0.3) is 0 Å². The third-order valence-electron chi connectivity index (χ3n) is 3.74. The molecule has 0 atom stereocenters. The Morgan fingerprint density at radius 2 is 1.81 bits per heavy atom. The van der Waals surface area contributed by atoms with Crippen molar-refractivity contribution >= 4 is 72.6 Å². The molecule has 0 spiro atoms. The van der Waals surface area contributed by atoms with Gasteiger partial charge in [-0.05, 0) is 71.0 Å². The monoisotopic (exact) mass is 591 g/mol. The van der Waals surface area contributed by atoms with Gasteiger partial charge in [-0.25, -0.2) is 0 Å². The third-order valence-corrected chi connectivity index (χ3v) is 5.36. The Labute approximate surface area is 207 Å². The number of hydrazine groups is 1. The molecule has 3 N–H and O–H groups in total. The molecule has 0 aliphatic carbocycles. The Morgan fingerprint density at radius 1 is 1.06 bits per heavy atom. The van der Waals surface area contributed by atoms with E-state index in [1.807, 2.05) is 0 Å². The lowest BCUT2D eigenvalue weighted by Gasteiger charge is -2.13. The molecule has 31 heavy (non-hydrogen) atoms. The summed E-state index contributed by atoms with van der Waals surface area (Å²) in [7, 11) is 0. The lowest BCUT2D eigenvalue weighted by molar-refractivity contribution is -0.123. The van der Waals surface area contributed by atoms with Crippen molar-refractivity contribution in [2.24, 2.45) is 0 Å². The SMILES string of the molecule is CCCCOc1ccc(C(=O)NC(=S)NNC(=O)COc2ccc(Br)cc2Cl)cc1Br. The van der Waals surface area contributed by atoms with E-state index in [0.29, 0.717) is 33.2 Å². The van der Waals surface area contributed by atoms with E-state index in [9.17, 15) is 9.59 Å². The Hall–Kier alpha value is -1.88. The fourth-order valence-electron chi connectivity index (χ4n) is 2.19. The van der Waals surface area contributed by atoms with Crippen LogP contribution in [0.2, 0.25) is 5.02 Å². The average Bonchev–Trinajstić information content (AvgIpc) is 2.72. The molecule has 0 heterocycles. The summed E-state index contributed by atoms with van der Waals surface area (Å²) in [6.45, 7) is 2.39. The molecular formula is C20H20Br2ClN3O4S. The van der Waals surface area contributed by atoms with Gasteiger partial charge in [0.2, 0.25) is 0 Å². The second-order valence-corrected chi connectivity index (χ2v) is 8.75. The van der Waals surface area contributed by atoms with E-state index < -0.39 is 11.8 Å². The highest BCUT2D eigenvalue weighted by atomic mass is 79.9. The molecule has 2 aromatic rings. The number of halogens is 3. The minimum absolute atomic E-state index is 0.0700. The molecule has 2 rings (SSSR count). The molecule has 0 saturated carbocycles. The van der Waals surface area contributed by atoms with E-state index >= 15 is 0 Å². The number of hydrogen-bond donors (Lipinski definition) is 3. The van der Waals surface area contributed by atoms with Crippen molar-refractivity contribution < 1.29 is 19.1 Å². The van der Waals surface area contributed by atoms with Gasteiger partial charge < -0.3 is 9.47 Å². The normalized spacial score (nSPS) is 10.2. The summed E-state index contributed by atoms with van der Waals surface area (Å²) in [5, 5.41) is 2.77. The number of carbonyl (C=O) groups is 2. The van der Waals surface area contributed by atoms with Gasteiger partial charge in [-0.3, -0.25) is 25.8 Å². The van der Waals surface area contributed by atoms with Gasteiger partial charge in [0, 0.05) is 10.0 Å². The van der Waals surface area contributed by atoms with Crippen LogP contribution in [-0.2, 0) is 4.79 Å². The molecule has 11 heteroatoms. The van der Waals surface area contributed by atoms with Crippen LogP contribution in [0.1, 0.15) is 30.1 Å². The first-order valence-corrected chi connectivity index (χ1v) is 11.6. The number of unbranched alkanes of at least 4 members (excludes halogenated alkanes) is 1. The van der Waals surface area contributed by atoms with Crippen molar-refractivity contribution in [2.45, 2.75) is 19.8 Å². The summed E-state index contributed by atoms with van der Waals surface area (Å²) in [4.78, 5) is 24.2. The maximum absolute atomic E-state index is 12.3. The standard InChI is InChI=1S/C20H20Br2ClN3O4S/c1-2-3-8-29-16-6-4-12(9-14(16)22)19(28)24-20(31)26-25-18(27)11-30-17-7-5-13(21)10-15(17)23/h4-7,9-10H,2-3,8,11H2,1H3,(H,25,27)(H2,24,26,28,31). The van der Waals surface area contributed by atoms with E-state index in [4.69, 9.17) is 33.3 Å². The van der Waals surface area contributed by atoms with Crippen molar-refractivity contribution in [3.05, 3.63) is 55.9 Å². The summed E-state index contributed by atoms with van der Waals surface area (Å²) in [6, 6.07) is 9.99. The van der Waals surface area contributed by atoms with E-state index in [2.05, 4.69) is 55.0 Å². The highest BCUT2D eigenvalue weighted by molar-refractivity contribution is 9.10. The van der Waals surface area contributed by atoms with Crippen molar-refractivity contribution in [1.82, 2.24) is 16.2 Å². The fourth-order valence-corrected chi connectivity index (χ4v) is 3.56. The number of ether oxygens (including phenoxy) is 2. The Kier molecular flexibility index (Phi) is 10.5. The lowest BCUT2D eigenvalue weighted by Crippen LogP contribution is -2.49. The van der Waals surface area contributed by atoms with E-state index in [-0.39, 0.29) is 11.7 Å². The van der Waals surface area contributed by atoms with E-state index in [1.54, 1.807) is 36.4 Å². The smallest absolute Gasteiger partial charge is 0.276 e. The summed E-state index contributed by atoms with van der Waals surface area (Å²) >= 11 is 17.7. The van der Waals surface area contributed by atoms with Crippen LogP contribution in [0, 0.1) is 0 Å². The van der Waals surface area contributed by atoms with Crippen LogP contribution < -0.4 is 25.6 Å². The first-order chi connectivity index (χ1) is 14.8. The summed E-state index contributed by atoms with van der Waals surface area (Å²) in [5.41, 5.74) is 5.16. The first kappa shape index (κ1) is 25.4. The maximum atomic E-state index is 12.3. The van der Waals surface area contributed by atoms with Gasteiger partial charge in [0.1, 0.15) is 11.5 Å².